The van der Waals surface area contributed by atoms with Crippen LogP contribution in [0.1, 0.15) is 60.3 Å². The molecule has 1 saturated heterocycles. The zero-order valence-electron chi connectivity index (χ0n) is 15.4. The predicted octanol–water partition coefficient (Wildman–Crippen LogP) is 2.41. The summed E-state index contributed by atoms with van der Waals surface area (Å²) in [4.78, 5) is 31.5. The number of morpholine rings is 1. The molecule has 3 rings (SSSR count). The second-order valence-corrected chi connectivity index (χ2v) is 8.03. The molecule has 7 nitrogen and oxygen atoms in total. The van der Waals surface area contributed by atoms with Gasteiger partial charge in [0, 0.05) is 19.5 Å². The van der Waals surface area contributed by atoms with Gasteiger partial charge < -0.3 is 9.64 Å². The van der Waals surface area contributed by atoms with Gasteiger partial charge in [0.05, 0.1) is 18.9 Å². The van der Waals surface area contributed by atoms with E-state index in [1.807, 2.05) is 6.92 Å². The normalized spacial score (nSPS) is 18.6. The highest BCUT2D eigenvalue weighted by molar-refractivity contribution is 7.17. The van der Waals surface area contributed by atoms with Crippen molar-refractivity contribution in [3.8, 4) is 0 Å². The first-order valence-electron chi connectivity index (χ1n) is 9.53. The van der Waals surface area contributed by atoms with Crippen molar-refractivity contribution in [3.63, 3.8) is 0 Å². The zero-order valence-corrected chi connectivity index (χ0v) is 16.2. The molecule has 1 aromatic rings. The van der Waals surface area contributed by atoms with E-state index in [9.17, 15) is 9.59 Å². The Kier molecular flexibility index (Phi) is 6.85. The van der Waals surface area contributed by atoms with E-state index in [0.29, 0.717) is 36.1 Å². The maximum absolute atomic E-state index is 12.4. The van der Waals surface area contributed by atoms with Crippen molar-refractivity contribution >= 4 is 28.3 Å². The van der Waals surface area contributed by atoms with E-state index in [1.54, 1.807) is 0 Å². The highest BCUT2D eigenvalue weighted by atomic mass is 32.1. The van der Waals surface area contributed by atoms with Crippen LogP contribution in [0.5, 0.6) is 0 Å². The van der Waals surface area contributed by atoms with Crippen molar-refractivity contribution in [2.45, 2.75) is 51.9 Å². The standard InChI is InChI=1S/C18H28N4O3S/c1-13-16(26-18(19-13)22-9-11-25-12-10-22)17(24)21-20-15(23)8-7-14-5-3-2-4-6-14/h14H,2-12H2,1H3,(H,20,23)(H,21,24). The van der Waals surface area contributed by atoms with Crippen molar-refractivity contribution in [1.82, 2.24) is 15.8 Å². The van der Waals surface area contributed by atoms with Gasteiger partial charge in [-0.2, -0.15) is 0 Å². The summed E-state index contributed by atoms with van der Waals surface area (Å²) >= 11 is 1.36. The average Bonchev–Trinajstić information content (AvgIpc) is 3.08. The molecule has 0 unspecified atom stereocenters. The van der Waals surface area contributed by atoms with Gasteiger partial charge in [-0.05, 0) is 19.3 Å². The van der Waals surface area contributed by atoms with E-state index in [4.69, 9.17) is 4.74 Å². The van der Waals surface area contributed by atoms with Crippen molar-refractivity contribution in [2.24, 2.45) is 5.92 Å². The van der Waals surface area contributed by atoms with Crippen LogP contribution >= 0.6 is 11.3 Å². The number of rotatable bonds is 5. The summed E-state index contributed by atoms with van der Waals surface area (Å²) in [5.74, 6) is 0.232. The SMILES string of the molecule is Cc1nc(N2CCOCC2)sc1C(=O)NNC(=O)CCC1CCCCC1. The fourth-order valence-electron chi connectivity index (χ4n) is 3.54. The maximum atomic E-state index is 12.4. The fourth-order valence-corrected chi connectivity index (χ4v) is 4.55. The number of ether oxygens (including phenoxy) is 1. The lowest BCUT2D eigenvalue weighted by atomic mass is 9.86. The quantitative estimate of drug-likeness (QED) is 0.767. The largest absolute Gasteiger partial charge is 0.378 e. The Morgan fingerprint density at radius 2 is 1.92 bits per heavy atom. The minimum Gasteiger partial charge on any atom is -0.378 e. The minimum absolute atomic E-state index is 0.125. The summed E-state index contributed by atoms with van der Waals surface area (Å²) in [6, 6.07) is 0. The molecule has 0 spiro atoms. The number of nitrogens with one attached hydrogen (secondary N) is 2. The van der Waals surface area contributed by atoms with Gasteiger partial charge in [-0.15, -0.1) is 0 Å². The number of hydrogen-bond donors (Lipinski definition) is 2. The van der Waals surface area contributed by atoms with Crippen LogP contribution in [0.2, 0.25) is 0 Å². The van der Waals surface area contributed by atoms with Crippen LogP contribution in [-0.4, -0.2) is 43.1 Å². The Labute approximate surface area is 158 Å². The van der Waals surface area contributed by atoms with Crippen LogP contribution in [0.3, 0.4) is 0 Å². The molecule has 1 aliphatic carbocycles. The number of hydrazine groups is 1. The summed E-state index contributed by atoms with van der Waals surface area (Å²) in [6.45, 7) is 4.74. The first kappa shape index (κ1) is 19.1. The van der Waals surface area contributed by atoms with Crippen LogP contribution < -0.4 is 15.8 Å². The van der Waals surface area contributed by atoms with Gasteiger partial charge in [0.1, 0.15) is 4.88 Å². The number of carbonyl (C=O) groups is 2. The molecule has 26 heavy (non-hydrogen) atoms. The van der Waals surface area contributed by atoms with Crippen molar-refractivity contribution in [1.29, 1.82) is 0 Å². The summed E-state index contributed by atoms with van der Waals surface area (Å²) in [7, 11) is 0. The predicted molar refractivity (Wildman–Crippen MR) is 101 cm³/mol. The first-order valence-corrected chi connectivity index (χ1v) is 10.3. The summed E-state index contributed by atoms with van der Waals surface area (Å²) in [5, 5.41) is 0.833. The molecule has 2 N–H and O–H groups in total. The third kappa shape index (κ3) is 5.17. The van der Waals surface area contributed by atoms with Gasteiger partial charge in [-0.3, -0.25) is 20.4 Å². The van der Waals surface area contributed by atoms with E-state index >= 15 is 0 Å². The van der Waals surface area contributed by atoms with Crippen LogP contribution in [0.25, 0.3) is 0 Å². The molecular formula is C18H28N4O3S. The lowest BCUT2D eigenvalue weighted by Crippen LogP contribution is -2.41. The third-order valence-corrected chi connectivity index (χ3v) is 6.31. The smallest absolute Gasteiger partial charge is 0.281 e. The molecule has 0 aromatic carbocycles. The molecule has 0 bridgehead atoms. The summed E-state index contributed by atoms with van der Waals surface area (Å²) in [5.41, 5.74) is 5.76. The molecule has 2 aliphatic rings. The lowest BCUT2D eigenvalue weighted by Gasteiger charge is -2.25. The van der Waals surface area contributed by atoms with Gasteiger partial charge >= 0.3 is 0 Å². The molecule has 1 aromatic heterocycles. The van der Waals surface area contributed by atoms with Gasteiger partial charge in [-0.25, -0.2) is 4.98 Å². The van der Waals surface area contributed by atoms with Gasteiger partial charge in [0.2, 0.25) is 5.91 Å². The average molecular weight is 381 g/mol. The Hall–Kier alpha value is -1.67. The number of anilines is 1. The molecule has 1 saturated carbocycles. The topological polar surface area (TPSA) is 83.6 Å². The van der Waals surface area contributed by atoms with Crippen LogP contribution in [0, 0.1) is 12.8 Å². The van der Waals surface area contributed by atoms with Crippen molar-refractivity contribution < 1.29 is 14.3 Å². The molecule has 2 amide bonds. The number of aromatic nitrogens is 1. The van der Waals surface area contributed by atoms with Gasteiger partial charge in [0.25, 0.3) is 5.91 Å². The number of nitrogens with zero attached hydrogens (tertiary/aromatic N) is 2. The lowest BCUT2D eigenvalue weighted by molar-refractivity contribution is -0.122. The van der Waals surface area contributed by atoms with Crippen molar-refractivity contribution in [3.05, 3.63) is 10.6 Å². The van der Waals surface area contributed by atoms with Crippen LogP contribution in [0.15, 0.2) is 0 Å². The number of aryl methyl sites for hydroxylation is 1. The van der Waals surface area contributed by atoms with Crippen LogP contribution in [-0.2, 0) is 9.53 Å². The summed E-state index contributed by atoms with van der Waals surface area (Å²) < 4.78 is 5.35. The second kappa shape index (κ2) is 9.32. The molecule has 0 atom stereocenters. The molecule has 1 aliphatic heterocycles. The maximum Gasteiger partial charge on any atom is 0.281 e. The first-order chi connectivity index (χ1) is 12.6. The molecule has 144 valence electrons. The van der Waals surface area contributed by atoms with Gasteiger partial charge in [0.15, 0.2) is 5.13 Å². The Balaban J connectivity index is 1.45. The van der Waals surface area contributed by atoms with Crippen molar-refractivity contribution in [2.75, 3.05) is 31.2 Å². The fraction of sp³-hybridized carbons (Fsp3) is 0.722. The Morgan fingerprint density at radius 1 is 1.19 bits per heavy atom. The number of hydrogen-bond acceptors (Lipinski definition) is 6. The molecule has 0 radical (unpaired) electrons. The van der Waals surface area contributed by atoms with E-state index < -0.39 is 0 Å². The second-order valence-electron chi connectivity index (χ2n) is 7.06. The Morgan fingerprint density at radius 3 is 2.65 bits per heavy atom. The van der Waals surface area contributed by atoms with E-state index in [2.05, 4.69) is 20.7 Å². The minimum atomic E-state index is -0.300. The van der Waals surface area contributed by atoms with Gasteiger partial charge in [-0.1, -0.05) is 43.4 Å². The number of thiazole rings is 1. The Bertz CT molecular complexity index is 622. The highest BCUT2D eigenvalue weighted by Crippen LogP contribution is 2.27. The molecule has 2 heterocycles. The number of amides is 2. The zero-order chi connectivity index (χ0) is 18.4. The monoisotopic (exact) mass is 380 g/mol. The number of carbonyl (C=O) groups excluding carboxylic acids is 2. The van der Waals surface area contributed by atoms with E-state index in [0.717, 1.165) is 24.6 Å². The highest BCUT2D eigenvalue weighted by Gasteiger charge is 2.21. The van der Waals surface area contributed by atoms with E-state index in [1.165, 1.54) is 43.4 Å². The molecule has 2 fully saturated rings. The third-order valence-electron chi connectivity index (χ3n) is 5.09. The van der Waals surface area contributed by atoms with E-state index in [-0.39, 0.29) is 11.8 Å². The van der Waals surface area contributed by atoms with Crippen LogP contribution in [0.4, 0.5) is 5.13 Å². The molecule has 8 heteroatoms. The molecular weight excluding hydrogens is 352 g/mol. The summed E-state index contributed by atoms with van der Waals surface area (Å²) in [6.07, 6.45) is 7.69.